The van der Waals surface area contributed by atoms with Gasteiger partial charge >= 0.3 is 0 Å². The lowest BCUT2D eigenvalue weighted by molar-refractivity contribution is 0.471. The molecular formula is C40H38N4O8S2. The molecule has 0 saturated heterocycles. The first-order chi connectivity index (χ1) is 25.7. The topological polar surface area (TPSA) is 222 Å². The minimum Gasteiger partial charge on any atom is -0.505 e. The Morgan fingerprint density at radius 1 is 0.500 bits per heavy atom. The number of benzene rings is 6. The van der Waals surface area contributed by atoms with Crippen molar-refractivity contribution in [3.05, 3.63) is 95.1 Å². The van der Waals surface area contributed by atoms with Crippen molar-refractivity contribution in [2.75, 3.05) is 0 Å². The normalized spacial score (nSPS) is 12.0. The van der Waals surface area contributed by atoms with E-state index in [1.54, 1.807) is 48.5 Å². The fraction of sp³-hybridized carbons (Fsp3) is 0.200. The van der Waals surface area contributed by atoms with Crippen LogP contribution in [0.3, 0.4) is 0 Å². The maximum atomic E-state index is 13.0. The highest BCUT2D eigenvalue weighted by molar-refractivity contribution is 7.86. The molecule has 54 heavy (non-hydrogen) atoms. The molecule has 0 bridgehead atoms. The fourth-order valence-corrected chi connectivity index (χ4v) is 9.31. The average molecular weight is 767 g/mol. The summed E-state index contributed by atoms with van der Waals surface area (Å²) in [5, 5.41) is 30.0. The quantitative estimate of drug-likeness (QED) is 0.0548. The molecule has 0 amide bonds. The predicted molar refractivity (Wildman–Crippen MR) is 208 cm³/mol. The van der Waals surface area contributed by atoms with Gasteiger partial charge in [0.15, 0.2) is 11.5 Å². The van der Waals surface area contributed by atoms with Crippen molar-refractivity contribution in [2.24, 2.45) is 10.2 Å². The average Bonchev–Trinajstić information content (AvgIpc) is 3.16. The van der Waals surface area contributed by atoms with Crippen molar-refractivity contribution in [1.29, 1.82) is 11.1 Å². The molecule has 0 fully saturated rings. The molecule has 0 aliphatic rings. The molecule has 6 aromatic carbocycles. The summed E-state index contributed by atoms with van der Waals surface area (Å²) in [7, 11) is -10.0. The molecule has 278 valence electrons. The number of nitrogens with one attached hydrogen (secondary N) is 2. The maximum Gasteiger partial charge on any atom is 0.297 e. The Balaban J connectivity index is 1.71. The number of hydrogen-bond donors (Lipinski definition) is 6. The van der Waals surface area contributed by atoms with E-state index in [1.807, 2.05) is 52.0 Å². The largest absolute Gasteiger partial charge is 0.505 e. The van der Waals surface area contributed by atoms with Crippen molar-refractivity contribution in [3.63, 3.8) is 0 Å². The Bertz CT molecular complexity index is 2540. The SMILES string of the molecule is CCc1cc(-c2cc(CC)c(-c3c(S(=O)(=O)O)c(N=N)c(O)c4ccccc34)c(CC)c2)cc(CC)c1-c1c(S(=O)(=O)O)c(N=N)c(O)c2ccccc12. The van der Waals surface area contributed by atoms with E-state index in [0.717, 1.165) is 33.4 Å². The fourth-order valence-electron chi connectivity index (χ4n) is 7.60. The molecule has 0 heterocycles. The first-order valence-electron chi connectivity index (χ1n) is 17.2. The minimum atomic E-state index is -5.01. The smallest absolute Gasteiger partial charge is 0.297 e. The third-order valence-electron chi connectivity index (χ3n) is 9.94. The first-order valence-corrected chi connectivity index (χ1v) is 20.1. The molecule has 0 saturated carbocycles. The zero-order valence-corrected chi connectivity index (χ0v) is 31.5. The van der Waals surface area contributed by atoms with E-state index in [-0.39, 0.29) is 21.9 Å². The van der Waals surface area contributed by atoms with Crippen LogP contribution in [0, 0.1) is 11.1 Å². The van der Waals surface area contributed by atoms with E-state index in [4.69, 9.17) is 11.1 Å². The highest BCUT2D eigenvalue weighted by Crippen LogP contribution is 2.52. The van der Waals surface area contributed by atoms with Crippen LogP contribution < -0.4 is 0 Å². The van der Waals surface area contributed by atoms with Gasteiger partial charge in [-0.15, -0.1) is 0 Å². The number of nitrogens with zero attached hydrogens (tertiary/aromatic N) is 2. The van der Waals surface area contributed by atoms with Crippen LogP contribution in [0.1, 0.15) is 49.9 Å². The summed E-state index contributed by atoms with van der Waals surface area (Å²) in [6.45, 7) is 7.64. The highest BCUT2D eigenvalue weighted by Gasteiger charge is 2.32. The molecule has 6 N–H and O–H groups in total. The molecular weight excluding hydrogens is 729 g/mol. The molecule has 0 aliphatic carbocycles. The zero-order chi connectivity index (χ0) is 39.3. The number of hydrogen-bond acceptors (Lipinski definition) is 10. The second-order valence-electron chi connectivity index (χ2n) is 12.8. The van der Waals surface area contributed by atoms with Crippen LogP contribution >= 0.6 is 0 Å². The molecule has 6 aromatic rings. The van der Waals surface area contributed by atoms with Gasteiger partial charge in [0.1, 0.15) is 21.2 Å². The standard InChI is InChI=1S/C40H38N4O8S2/c1-5-21-17-25(18-22(6-2)31(21)33-27-13-9-11-15-29(27)37(45)35(43-41)39(33)53(47,48)49)26-19-23(7-3)32(24(8-4)20-26)34-28-14-10-12-16-30(28)38(46)36(44-42)40(34)54(50,51)52/h9-20,41-42,45-46H,5-8H2,1-4H3,(H,47,48,49)(H,50,51,52). The van der Waals surface area contributed by atoms with Crippen LogP contribution in [0.4, 0.5) is 11.4 Å². The molecule has 0 aliphatic heterocycles. The minimum absolute atomic E-state index is 0.128. The Morgan fingerprint density at radius 2 is 0.778 bits per heavy atom. The van der Waals surface area contributed by atoms with E-state index in [9.17, 15) is 36.2 Å². The van der Waals surface area contributed by atoms with E-state index in [0.29, 0.717) is 47.6 Å². The van der Waals surface area contributed by atoms with Crippen molar-refractivity contribution in [3.8, 4) is 44.9 Å². The number of rotatable bonds is 11. The van der Waals surface area contributed by atoms with Crippen molar-refractivity contribution in [1.82, 2.24) is 0 Å². The highest BCUT2D eigenvalue weighted by atomic mass is 32.2. The van der Waals surface area contributed by atoms with Gasteiger partial charge in [0.25, 0.3) is 20.2 Å². The van der Waals surface area contributed by atoms with Crippen molar-refractivity contribution < 1.29 is 36.2 Å². The Hall–Kier alpha value is -5.54. The molecule has 0 atom stereocenters. The summed E-state index contributed by atoms with van der Waals surface area (Å²) >= 11 is 0. The predicted octanol–water partition coefficient (Wildman–Crippen LogP) is 10.5. The number of fused-ring (bicyclic) bond motifs is 2. The Morgan fingerprint density at radius 3 is 1.02 bits per heavy atom. The molecule has 14 heteroatoms. The van der Waals surface area contributed by atoms with Gasteiger partial charge in [-0.25, -0.2) is 11.1 Å². The molecule has 6 rings (SSSR count). The summed E-state index contributed by atoms with van der Waals surface area (Å²) in [6, 6.07) is 20.9. The summed E-state index contributed by atoms with van der Waals surface area (Å²) < 4.78 is 73.2. The molecule has 0 aromatic heterocycles. The maximum absolute atomic E-state index is 13.0. The van der Waals surface area contributed by atoms with Crippen molar-refractivity contribution in [2.45, 2.75) is 63.2 Å². The second kappa shape index (κ2) is 14.4. The van der Waals surface area contributed by atoms with Gasteiger partial charge in [0, 0.05) is 21.9 Å². The van der Waals surface area contributed by atoms with Gasteiger partial charge in [-0.1, -0.05) is 100 Å². The molecule has 12 nitrogen and oxygen atoms in total. The summed E-state index contributed by atoms with van der Waals surface area (Å²) in [5.41, 5.74) is 20.2. The third kappa shape index (κ3) is 6.20. The summed E-state index contributed by atoms with van der Waals surface area (Å²) in [5.74, 6) is -1.07. The van der Waals surface area contributed by atoms with E-state index in [2.05, 4.69) is 10.2 Å². The van der Waals surface area contributed by atoms with Gasteiger partial charge in [-0.05, 0) is 81.0 Å². The number of phenols is 2. The summed E-state index contributed by atoms with van der Waals surface area (Å²) in [4.78, 5) is -1.32. The molecule has 0 spiro atoms. The molecule has 0 radical (unpaired) electrons. The zero-order valence-electron chi connectivity index (χ0n) is 29.9. The van der Waals surface area contributed by atoms with Gasteiger partial charge < -0.3 is 10.2 Å². The van der Waals surface area contributed by atoms with Gasteiger partial charge in [0.2, 0.25) is 0 Å². The van der Waals surface area contributed by atoms with Crippen LogP contribution in [0.25, 0.3) is 54.9 Å². The number of aryl methyl sites for hydroxylation is 4. The monoisotopic (exact) mass is 766 g/mol. The number of aromatic hydroxyl groups is 2. The number of phenolic OH excluding ortho intramolecular Hbond substituents is 2. The van der Waals surface area contributed by atoms with Crippen molar-refractivity contribution >= 4 is 53.2 Å². The van der Waals surface area contributed by atoms with E-state index in [1.165, 1.54) is 0 Å². The van der Waals surface area contributed by atoms with Gasteiger partial charge in [-0.2, -0.15) is 27.1 Å². The van der Waals surface area contributed by atoms with Gasteiger partial charge in [-0.3, -0.25) is 9.11 Å². The van der Waals surface area contributed by atoms with Crippen LogP contribution in [0.15, 0.2) is 92.8 Å². The van der Waals surface area contributed by atoms with Crippen LogP contribution in [-0.4, -0.2) is 36.2 Å². The third-order valence-corrected chi connectivity index (χ3v) is 11.8. The second-order valence-corrected chi connectivity index (χ2v) is 15.5. The van der Waals surface area contributed by atoms with Crippen LogP contribution in [0.2, 0.25) is 0 Å². The lowest BCUT2D eigenvalue weighted by atomic mass is 9.83. The van der Waals surface area contributed by atoms with E-state index < -0.39 is 52.9 Å². The lowest BCUT2D eigenvalue weighted by Gasteiger charge is -2.23. The van der Waals surface area contributed by atoms with Gasteiger partial charge in [0.05, 0.1) is 0 Å². The summed E-state index contributed by atoms with van der Waals surface area (Å²) in [6.07, 6.45) is 1.72. The Labute approximate surface area is 312 Å². The van der Waals surface area contributed by atoms with Crippen LogP contribution in [-0.2, 0) is 45.9 Å². The Kier molecular flexibility index (Phi) is 10.2. The van der Waals surface area contributed by atoms with Crippen LogP contribution in [0.5, 0.6) is 11.5 Å². The molecule has 0 unspecified atom stereocenters. The first kappa shape index (κ1) is 38.2. The van der Waals surface area contributed by atoms with E-state index >= 15 is 0 Å². The lowest BCUT2D eigenvalue weighted by Crippen LogP contribution is -2.07.